The number of likely N-dealkylation sites (tertiary alicyclic amines) is 1. The number of fused-ring (bicyclic) bond motifs is 1. The van der Waals surface area contributed by atoms with Crippen molar-refractivity contribution in [2.24, 2.45) is 11.3 Å². The first kappa shape index (κ1) is 27.1. The quantitative estimate of drug-likeness (QED) is 0.604. The van der Waals surface area contributed by atoms with Crippen LogP contribution in [-0.2, 0) is 24.3 Å². The molecule has 2 aromatic heterocycles. The molecule has 1 saturated heterocycles. The third kappa shape index (κ3) is 7.50. The van der Waals surface area contributed by atoms with E-state index in [1.165, 1.54) is 17.7 Å². The summed E-state index contributed by atoms with van der Waals surface area (Å²) in [6.07, 6.45) is 0.357. The summed E-state index contributed by atoms with van der Waals surface area (Å²) in [4.78, 5) is 25.5. The lowest BCUT2D eigenvalue weighted by atomic mass is 9.73. The highest BCUT2D eigenvalue weighted by atomic mass is 32.1. The number of carboxylic acid groups (broad SMARTS) is 1. The SMILES string of the molecule is CC(C)CCNC(=O)c1nnc2n1CC1(CC2)CCN(Cc2cccs2)CC1.O=C(O)C(F)(F)F. The van der Waals surface area contributed by atoms with Gasteiger partial charge in [-0.1, -0.05) is 19.9 Å². The number of aromatic nitrogens is 3. The first-order valence-corrected chi connectivity index (χ1v) is 12.6. The fourth-order valence-corrected chi connectivity index (χ4v) is 5.16. The first-order valence-electron chi connectivity index (χ1n) is 11.7. The van der Waals surface area contributed by atoms with Gasteiger partial charge in [-0.2, -0.15) is 13.2 Å². The minimum Gasteiger partial charge on any atom is -0.475 e. The number of rotatable bonds is 6. The molecule has 35 heavy (non-hydrogen) atoms. The Morgan fingerprint density at radius 3 is 2.49 bits per heavy atom. The number of nitrogens with zero attached hydrogens (tertiary/aromatic N) is 4. The zero-order chi connectivity index (χ0) is 25.6. The van der Waals surface area contributed by atoms with E-state index in [4.69, 9.17) is 9.90 Å². The van der Waals surface area contributed by atoms with Gasteiger partial charge < -0.3 is 15.0 Å². The molecule has 0 bridgehead atoms. The lowest BCUT2D eigenvalue weighted by Crippen LogP contribution is -2.44. The third-order valence-corrected chi connectivity index (χ3v) is 7.39. The van der Waals surface area contributed by atoms with Crippen molar-refractivity contribution in [2.45, 2.75) is 65.2 Å². The zero-order valence-corrected chi connectivity index (χ0v) is 20.8. The standard InChI is InChI=1S/C21H31N5OS.C2HF3O2/c1-16(2)6-10-22-20(27)19-24-23-18-5-7-21(15-26(18)19)8-11-25(12-9-21)14-17-4-3-13-28-17;3-2(4,5)1(6)7/h3-4,13,16H,5-12,14-15H2,1-2H3,(H,22,27);(H,6,7). The van der Waals surface area contributed by atoms with Crippen LogP contribution in [0.5, 0.6) is 0 Å². The van der Waals surface area contributed by atoms with Crippen molar-refractivity contribution in [2.75, 3.05) is 19.6 Å². The molecule has 4 heterocycles. The molecule has 0 aromatic carbocycles. The molecule has 8 nitrogen and oxygen atoms in total. The number of halogens is 3. The van der Waals surface area contributed by atoms with Crippen molar-refractivity contribution in [3.63, 3.8) is 0 Å². The molecule has 2 N–H and O–H groups in total. The van der Waals surface area contributed by atoms with Gasteiger partial charge in [0.25, 0.3) is 5.91 Å². The summed E-state index contributed by atoms with van der Waals surface area (Å²) in [6.45, 7) is 9.24. The van der Waals surface area contributed by atoms with Gasteiger partial charge in [0.05, 0.1) is 0 Å². The molecular weight excluding hydrogens is 483 g/mol. The highest BCUT2D eigenvalue weighted by molar-refractivity contribution is 7.09. The van der Waals surface area contributed by atoms with Gasteiger partial charge in [0.2, 0.25) is 5.82 Å². The second-order valence-corrected chi connectivity index (χ2v) is 10.7. The van der Waals surface area contributed by atoms with E-state index in [2.05, 4.69) is 56.3 Å². The van der Waals surface area contributed by atoms with E-state index in [-0.39, 0.29) is 11.3 Å². The predicted molar refractivity (Wildman–Crippen MR) is 125 cm³/mol. The molecule has 1 fully saturated rings. The fraction of sp³-hybridized carbons (Fsp3) is 0.652. The number of carbonyl (C=O) groups excluding carboxylic acids is 1. The maximum absolute atomic E-state index is 12.6. The van der Waals surface area contributed by atoms with Crippen molar-refractivity contribution < 1.29 is 27.9 Å². The molecule has 0 aliphatic carbocycles. The summed E-state index contributed by atoms with van der Waals surface area (Å²) >= 11 is 1.84. The molecule has 1 amide bonds. The summed E-state index contributed by atoms with van der Waals surface area (Å²) in [5.74, 6) is -0.783. The van der Waals surface area contributed by atoms with Gasteiger partial charge in [-0.25, -0.2) is 4.79 Å². The number of aliphatic carboxylic acids is 1. The van der Waals surface area contributed by atoms with Gasteiger partial charge in [-0.05, 0) is 61.6 Å². The highest BCUT2D eigenvalue weighted by Gasteiger charge is 2.40. The number of carboxylic acids is 1. The average molecular weight is 516 g/mol. The molecule has 2 aliphatic heterocycles. The smallest absolute Gasteiger partial charge is 0.475 e. The summed E-state index contributed by atoms with van der Waals surface area (Å²) < 4.78 is 33.8. The second-order valence-electron chi connectivity index (χ2n) is 9.62. The number of amides is 1. The molecule has 2 aromatic rings. The Hall–Kier alpha value is -2.47. The van der Waals surface area contributed by atoms with Gasteiger partial charge >= 0.3 is 12.1 Å². The minimum absolute atomic E-state index is 0.0772. The van der Waals surface area contributed by atoms with Crippen LogP contribution in [0.2, 0.25) is 0 Å². The van der Waals surface area contributed by atoms with E-state index >= 15 is 0 Å². The van der Waals surface area contributed by atoms with Crippen molar-refractivity contribution >= 4 is 23.2 Å². The third-order valence-electron chi connectivity index (χ3n) is 6.53. The lowest BCUT2D eigenvalue weighted by Gasteiger charge is -2.44. The van der Waals surface area contributed by atoms with Crippen molar-refractivity contribution in [1.29, 1.82) is 0 Å². The van der Waals surface area contributed by atoms with E-state index in [9.17, 15) is 18.0 Å². The van der Waals surface area contributed by atoms with E-state index in [1.807, 2.05) is 11.3 Å². The molecule has 12 heteroatoms. The number of carbonyl (C=O) groups is 2. The number of thiophene rings is 1. The van der Waals surface area contributed by atoms with Crippen LogP contribution in [0.1, 0.15) is 60.9 Å². The number of piperidine rings is 1. The van der Waals surface area contributed by atoms with Crippen molar-refractivity contribution in [3.8, 4) is 0 Å². The van der Waals surface area contributed by atoms with Crippen molar-refractivity contribution in [1.82, 2.24) is 25.0 Å². The number of alkyl halides is 3. The summed E-state index contributed by atoms with van der Waals surface area (Å²) in [7, 11) is 0. The molecule has 0 saturated carbocycles. The molecular formula is C23H32F3N5O3S. The normalized spacial score (nSPS) is 17.5. The Labute approximate surface area is 206 Å². The lowest BCUT2D eigenvalue weighted by molar-refractivity contribution is -0.192. The predicted octanol–water partition coefficient (Wildman–Crippen LogP) is 3.98. The monoisotopic (exact) mass is 515 g/mol. The van der Waals surface area contributed by atoms with Crippen LogP contribution in [0.25, 0.3) is 0 Å². The maximum atomic E-state index is 12.6. The largest absolute Gasteiger partial charge is 0.490 e. The van der Waals surface area contributed by atoms with Crippen LogP contribution in [0.3, 0.4) is 0 Å². The molecule has 4 rings (SSSR count). The van der Waals surface area contributed by atoms with Gasteiger partial charge in [-0.3, -0.25) is 9.69 Å². The Morgan fingerprint density at radius 2 is 1.91 bits per heavy atom. The number of hydrogen-bond acceptors (Lipinski definition) is 6. The van der Waals surface area contributed by atoms with E-state index < -0.39 is 12.1 Å². The maximum Gasteiger partial charge on any atom is 0.490 e. The molecule has 0 unspecified atom stereocenters. The molecule has 194 valence electrons. The Balaban J connectivity index is 0.000000429. The van der Waals surface area contributed by atoms with Crippen LogP contribution >= 0.6 is 11.3 Å². The fourth-order valence-electron chi connectivity index (χ4n) is 4.42. The van der Waals surface area contributed by atoms with Crippen molar-refractivity contribution in [3.05, 3.63) is 34.0 Å². The van der Waals surface area contributed by atoms with Crippen LogP contribution in [0.15, 0.2) is 17.5 Å². The van der Waals surface area contributed by atoms with Gasteiger partial charge in [0.1, 0.15) is 5.82 Å². The van der Waals surface area contributed by atoms with E-state index in [1.54, 1.807) is 0 Å². The van der Waals surface area contributed by atoms with Gasteiger partial charge in [-0.15, -0.1) is 21.5 Å². The van der Waals surface area contributed by atoms with Gasteiger partial charge in [0.15, 0.2) is 0 Å². The van der Waals surface area contributed by atoms with E-state index in [0.29, 0.717) is 18.3 Å². The molecule has 2 aliphatic rings. The van der Waals surface area contributed by atoms with Gasteiger partial charge in [0, 0.05) is 30.9 Å². The Morgan fingerprint density at radius 1 is 1.23 bits per heavy atom. The summed E-state index contributed by atoms with van der Waals surface area (Å²) in [5.41, 5.74) is 0.286. The summed E-state index contributed by atoms with van der Waals surface area (Å²) in [5, 5.41) is 20.8. The zero-order valence-electron chi connectivity index (χ0n) is 20.0. The Kier molecular flexibility index (Phi) is 8.92. The van der Waals surface area contributed by atoms with Crippen LogP contribution < -0.4 is 5.32 Å². The molecule has 0 atom stereocenters. The van der Waals surface area contributed by atoms with Crippen LogP contribution in [0.4, 0.5) is 13.2 Å². The number of nitrogens with one attached hydrogen (secondary N) is 1. The topological polar surface area (TPSA) is 100 Å². The van der Waals surface area contributed by atoms with E-state index in [0.717, 1.165) is 51.3 Å². The summed E-state index contributed by atoms with van der Waals surface area (Å²) in [6, 6.07) is 4.36. The average Bonchev–Trinajstić information content (AvgIpc) is 3.44. The number of hydrogen-bond donors (Lipinski definition) is 2. The highest BCUT2D eigenvalue weighted by Crippen LogP contribution is 2.41. The molecule has 1 spiro atoms. The second kappa shape index (κ2) is 11.5. The number of aryl methyl sites for hydroxylation is 1. The Bertz CT molecular complexity index is 983. The minimum atomic E-state index is -5.08. The van der Waals surface area contributed by atoms with Crippen LogP contribution in [-0.4, -0.2) is 62.5 Å². The van der Waals surface area contributed by atoms with Crippen LogP contribution in [0, 0.1) is 11.3 Å². The molecule has 0 radical (unpaired) electrons. The first-order chi connectivity index (χ1) is 16.5.